The van der Waals surface area contributed by atoms with Gasteiger partial charge in [0.1, 0.15) is 5.52 Å². The van der Waals surface area contributed by atoms with Crippen molar-refractivity contribution in [3.63, 3.8) is 0 Å². The number of carbonyl (C=O) groups excluding carboxylic acids is 1. The van der Waals surface area contributed by atoms with Crippen molar-refractivity contribution >= 4 is 17.0 Å². The van der Waals surface area contributed by atoms with Gasteiger partial charge in [-0.2, -0.15) is 0 Å². The largest absolute Gasteiger partial charge is 0.436 e. The van der Waals surface area contributed by atoms with Crippen LogP contribution in [0.5, 0.6) is 0 Å². The Kier molecular flexibility index (Phi) is 3.41. The molecule has 0 aliphatic heterocycles. The van der Waals surface area contributed by atoms with Crippen molar-refractivity contribution in [3.8, 4) is 11.5 Å². The molecule has 0 fully saturated rings. The SMILES string of the molecule is CON(C)C(=O)c1ccc2nc(-c3ccccc3)oc2c1. The lowest BCUT2D eigenvalue weighted by molar-refractivity contribution is -0.0756. The minimum Gasteiger partial charge on any atom is -0.436 e. The monoisotopic (exact) mass is 282 g/mol. The van der Waals surface area contributed by atoms with Crippen LogP contribution in [-0.4, -0.2) is 30.1 Å². The summed E-state index contributed by atoms with van der Waals surface area (Å²) in [5.74, 6) is 0.298. The molecule has 0 radical (unpaired) electrons. The fraction of sp³-hybridized carbons (Fsp3) is 0.125. The van der Waals surface area contributed by atoms with E-state index < -0.39 is 0 Å². The van der Waals surface area contributed by atoms with Crippen LogP contribution in [0.25, 0.3) is 22.6 Å². The molecule has 0 aliphatic rings. The summed E-state index contributed by atoms with van der Waals surface area (Å²) >= 11 is 0. The third-order valence-corrected chi connectivity index (χ3v) is 3.22. The first-order valence-corrected chi connectivity index (χ1v) is 6.47. The molecule has 0 saturated carbocycles. The zero-order valence-electron chi connectivity index (χ0n) is 11.7. The Morgan fingerprint density at radius 2 is 1.95 bits per heavy atom. The molecule has 5 nitrogen and oxygen atoms in total. The normalized spacial score (nSPS) is 10.8. The number of carbonyl (C=O) groups is 1. The number of fused-ring (bicyclic) bond motifs is 1. The predicted molar refractivity (Wildman–Crippen MR) is 78.5 cm³/mol. The molecule has 1 amide bonds. The lowest BCUT2D eigenvalue weighted by atomic mass is 10.2. The highest BCUT2D eigenvalue weighted by molar-refractivity contribution is 5.96. The minimum absolute atomic E-state index is 0.239. The van der Waals surface area contributed by atoms with Crippen molar-refractivity contribution in [2.75, 3.05) is 14.2 Å². The molecule has 0 aliphatic carbocycles. The Hall–Kier alpha value is -2.66. The molecule has 5 heteroatoms. The van der Waals surface area contributed by atoms with Gasteiger partial charge in [-0.25, -0.2) is 10.0 Å². The van der Waals surface area contributed by atoms with Crippen molar-refractivity contribution in [2.45, 2.75) is 0 Å². The van der Waals surface area contributed by atoms with E-state index in [0.717, 1.165) is 10.6 Å². The number of benzene rings is 2. The Bertz CT molecular complexity index is 781. The standard InChI is InChI=1S/C16H14N2O3/c1-18(20-2)16(19)12-8-9-13-14(10-12)21-15(17-13)11-6-4-3-5-7-11/h3-10H,1-2H3. The van der Waals surface area contributed by atoms with E-state index >= 15 is 0 Å². The van der Waals surface area contributed by atoms with E-state index in [1.54, 1.807) is 25.2 Å². The van der Waals surface area contributed by atoms with Gasteiger partial charge in [-0.3, -0.25) is 9.63 Å². The minimum atomic E-state index is -0.239. The summed E-state index contributed by atoms with van der Waals surface area (Å²) in [5.41, 5.74) is 2.67. The second-order valence-electron chi connectivity index (χ2n) is 4.55. The average molecular weight is 282 g/mol. The summed E-state index contributed by atoms with van der Waals surface area (Å²) in [4.78, 5) is 21.4. The Labute approximate surface area is 121 Å². The van der Waals surface area contributed by atoms with Gasteiger partial charge in [0.15, 0.2) is 5.58 Å². The van der Waals surface area contributed by atoms with Crippen molar-refractivity contribution in [1.82, 2.24) is 10.0 Å². The summed E-state index contributed by atoms with van der Waals surface area (Å²) in [6.07, 6.45) is 0. The van der Waals surface area contributed by atoms with Crippen molar-refractivity contribution in [2.24, 2.45) is 0 Å². The second-order valence-corrected chi connectivity index (χ2v) is 4.55. The number of rotatable bonds is 3. The highest BCUT2D eigenvalue weighted by Crippen LogP contribution is 2.25. The highest BCUT2D eigenvalue weighted by atomic mass is 16.7. The Morgan fingerprint density at radius 3 is 2.67 bits per heavy atom. The van der Waals surface area contributed by atoms with Crippen molar-refractivity contribution in [3.05, 3.63) is 54.1 Å². The number of amides is 1. The highest BCUT2D eigenvalue weighted by Gasteiger charge is 2.14. The van der Waals surface area contributed by atoms with Crippen molar-refractivity contribution in [1.29, 1.82) is 0 Å². The number of hydrogen-bond acceptors (Lipinski definition) is 4. The van der Waals surface area contributed by atoms with Crippen LogP contribution in [0.2, 0.25) is 0 Å². The molecule has 106 valence electrons. The molecular weight excluding hydrogens is 268 g/mol. The van der Waals surface area contributed by atoms with Crippen LogP contribution in [0, 0.1) is 0 Å². The molecule has 0 bridgehead atoms. The third kappa shape index (κ3) is 2.51. The topological polar surface area (TPSA) is 55.6 Å². The molecule has 0 saturated heterocycles. The smallest absolute Gasteiger partial charge is 0.277 e. The van der Waals surface area contributed by atoms with Crippen LogP contribution in [0.1, 0.15) is 10.4 Å². The summed E-state index contributed by atoms with van der Waals surface area (Å²) < 4.78 is 5.74. The van der Waals surface area contributed by atoms with Gasteiger partial charge < -0.3 is 4.42 Å². The maximum absolute atomic E-state index is 12.0. The summed E-state index contributed by atoms with van der Waals surface area (Å²) in [5, 5.41) is 1.16. The number of nitrogens with zero attached hydrogens (tertiary/aromatic N) is 2. The molecule has 0 atom stereocenters. The van der Waals surface area contributed by atoms with Gasteiger partial charge in [0.05, 0.1) is 7.11 Å². The fourth-order valence-corrected chi connectivity index (χ4v) is 2.03. The van der Waals surface area contributed by atoms with Gasteiger partial charge in [-0.1, -0.05) is 18.2 Å². The predicted octanol–water partition coefficient (Wildman–Crippen LogP) is 3.13. The first kappa shape index (κ1) is 13.3. The molecule has 0 N–H and O–H groups in total. The van der Waals surface area contributed by atoms with Gasteiger partial charge >= 0.3 is 0 Å². The van der Waals surface area contributed by atoms with Crippen LogP contribution in [-0.2, 0) is 4.84 Å². The number of aromatic nitrogens is 1. The van der Waals surface area contributed by atoms with E-state index in [-0.39, 0.29) is 5.91 Å². The summed E-state index contributed by atoms with van der Waals surface area (Å²) in [6.45, 7) is 0. The second kappa shape index (κ2) is 5.38. The zero-order valence-corrected chi connectivity index (χ0v) is 11.7. The van der Waals surface area contributed by atoms with Crippen LogP contribution in [0.3, 0.4) is 0 Å². The van der Waals surface area contributed by atoms with E-state index in [2.05, 4.69) is 4.98 Å². The average Bonchev–Trinajstić information content (AvgIpc) is 2.97. The number of hydroxylamine groups is 2. The van der Waals surface area contributed by atoms with E-state index in [1.165, 1.54) is 7.11 Å². The van der Waals surface area contributed by atoms with E-state index in [1.807, 2.05) is 30.3 Å². The van der Waals surface area contributed by atoms with Gasteiger partial charge in [0, 0.05) is 18.2 Å². The Morgan fingerprint density at radius 1 is 1.19 bits per heavy atom. The number of hydrogen-bond donors (Lipinski definition) is 0. The van der Waals surface area contributed by atoms with Crippen LogP contribution in [0.15, 0.2) is 52.9 Å². The maximum Gasteiger partial charge on any atom is 0.277 e. The van der Waals surface area contributed by atoms with Gasteiger partial charge in [0.2, 0.25) is 5.89 Å². The fourth-order valence-electron chi connectivity index (χ4n) is 2.03. The molecule has 3 rings (SSSR count). The molecule has 1 heterocycles. The molecule has 3 aromatic rings. The number of oxazole rings is 1. The van der Waals surface area contributed by atoms with Crippen LogP contribution < -0.4 is 0 Å². The van der Waals surface area contributed by atoms with Gasteiger partial charge in [-0.05, 0) is 30.3 Å². The van der Waals surface area contributed by atoms with Crippen molar-refractivity contribution < 1.29 is 14.0 Å². The Balaban J connectivity index is 2.01. The van der Waals surface area contributed by atoms with Gasteiger partial charge in [0.25, 0.3) is 5.91 Å². The van der Waals surface area contributed by atoms with E-state index in [0.29, 0.717) is 22.6 Å². The molecule has 1 aromatic heterocycles. The van der Waals surface area contributed by atoms with Crippen LogP contribution >= 0.6 is 0 Å². The summed E-state index contributed by atoms with van der Waals surface area (Å²) in [7, 11) is 3.00. The molecule has 21 heavy (non-hydrogen) atoms. The summed E-state index contributed by atoms with van der Waals surface area (Å²) in [6, 6.07) is 14.8. The first-order chi connectivity index (χ1) is 10.2. The quantitative estimate of drug-likeness (QED) is 0.692. The van der Waals surface area contributed by atoms with E-state index in [4.69, 9.17) is 9.25 Å². The molecule has 0 unspecified atom stereocenters. The molecule has 0 spiro atoms. The lowest BCUT2D eigenvalue weighted by Gasteiger charge is -2.12. The first-order valence-electron chi connectivity index (χ1n) is 6.47. The lowest BCUT2D eigenvalue weighted by Crippen LogP contribution is -2.25. The molecule has 2 aromatic carbocycles. The molecular formula is C16H14N2O3. The zero-order chi connectivity index (χ0) is 14.8. The van der Waals surface area contributed by atoms with E-state index in [9.17, 15) is 4.79 Å². The maximum atomic E-state index is 12.0. The third-order valence-electron chi connectivity index (χ3n) is 3.22. The van der Waals surface area contributed by atoms with Gasteiger partial charge in [-0.15, -0.1) is 0 Å². The van der Waals surface area contributed by atoms with Crippen LogP contribution in [0.4, 0.5) is 0 Å².